The van der Waals surface area contributed by atoms with Crippen LogP contribution in [0.1, 0.15) is 136 Å². The van der Waals surface area contributed by atoms with Crippen molar-refractivity contribution in [3.63, 3.8) is 0 Å². The van der Waals surface area contributed by atoms with Gasteiger partial charge in [-0.2, -0.15) is 4.57 Å². The van der Waals surface area contributed by atoms with Crippen LogP contribution in [0.2, 0.25) is 0 Å². The van der Waals surface area contributed by atoms with Gasteiger partial charge in [0.05, 0.1) is 32.8 Å². The zero-order valence-corrected chi connectivity index (χ0v) is 39.5. The van der Waals surface area contributed by atoms with Crippen LogP contribution >= 0.6 is 34.0 Å². The van der Waals surface area contributed by atoms with Gasteiger partial charge in [0.15, 0.2) is 0 Å². The number of rotatable bonds is 24. The Kier molecular flexibility index (Phi) is 13.9. The number of pyridine rings is 3. The van der Waals surface area contributed by atoms with Crippen LogP contribution in [0.15, 0.2) is 88.9 Å². The minimum atomic E-state index is 1.03. The minimum absolute atomic E-state index is 1.03. The monoisotopic (exact) mass is 864 g/mol. The summed E-state index contributed by atoms with van der Waals surface area (Å²) in [4.78, 5) is 4.07. The molecule has 2 aliphatic rings. The van der Waals surface area contributed by atoms with Gasteiger partial charge in [0.2, 0.25) is 11.0 Å². The predicted molar refractivity (Wildman–Crippen MR) is 271 cm³/mol. The molecule has 7 aromatic rings. The first kappa shape index (κ1) is 42.3. The molecule has 3 aromatic carbocycles. The van der Waals surface area contributed by atoms with E-state index in [1.54, 1.807) is 0 Å². The highest BCUT2D eigenvalue weighted by atomic mass is 32.1. The van der Waals surface area contributed by atoms with E-state index in [4.69, 9.17) is 0 Å². The number of thiophene rings is 3. The van der Waals surface area contributed by atoms with Crippen LogP contribution in [0.3, 0.4) is 0 Å². The van der Waals surface area contributed by atoms with Gasteiger partial charge in [0, 0.05) is 68.5 Å². The molecule has 318 valence electrons. The molecule has 0 N–H and O–H groups in total. The van der Waals surface area contributed by atoms with E-state index in [9.17, 15) is 0 Å². The van der Waals surface area contributed by atoms with Crippen molar-refractivity contribution in [3.8, 4) is 42.4 Å². The number of nitrogens with zero attached hydrogens (tertiary/aromatic N) is 3. The lowest BCUT2D eigenvalue weighted by Crippen LogP contribution is -2.37. The summed E-state index contributed by atoms with van der Waals surface area (Å²) in [5, 5.41) is 9.68. The van der Waals surface area contributed by atoms with Gasteiger partial charge in [-0.1, -0.05) is 129 Å². The maximum Gasteiger partial charge on any atom is 0.216 e. The molecule has 0 saturated carbocycles. The first-order valence-electron chi connectivity index (χ1n) is 24.1. The van der Waals surface area contributed by atoms with Crippen LogP contribution in [0, 0.1) is 0 Å². The number of hydrogen-bond donors (Lipinski definition) is 0. The van der Waals surface area contributed by atoms with Crippen LogP contribution in [-0.4, -0.2) is 9.13 Å². The smallest absolute Gasteiger partial charge is 0.216 e. The van der Waals surface area contributed by atoms with Gasteiger partial charge in [-0.15, -0.1) is 34.0 Å². The van der Waals surface area contributed by atoms with Crippen LogP contribution in [0.5, 0.6) is 0 Å². The molecule has 0 saturated heterocycles. The minimum Gasteiger partial charge on any atom is -0.340 e. The molecule has 3 nitrogen and oxygen atoms in total. The molecule has 61 heavy (non-hydrogen) atoms. The average molecular weight is 865 g/mol. The lowest BCUT2D eigenvalue weighted by molar-refractivity contribution is -0.645. The molecule has 2 aliphatic heterocycles. The Hall–Kier alpha value is -3.97. The summed E-state index contributed by atoms with van der Waals surface area (Å²) in [6, 6.07) is 29.1. The van der Waals surface area contributed by atoms with Gasteiger partial charge in [-0.3, -0.25) is 0 Å². The van der Waals surface area contributed by atoms with Crippen molar-refractivity contribution in [2.45, 2.75) is 156 Å². The van der Waals surface area contributed by atoms with E-state index in [0.29, 0.717) is 0 Å². The molecule has 4 aromatic heterocycles. The Bertz CT molecular complexity index is 2550. The molecule has 0 unspecified atom stereocenters. The van der Waals surface area contributed by atoms with Gasteiger partial charge in [0.25, 0.3) is 0 Å². The molecule has 6 heteroatoms. The third kappa shape index (κ3) is 8.71. The Labute approximate surface area is 376 Å². The van der Waals surface area contributed by atoms with E-state index in [0.717, 1.165) is 19.6 Å². The summed E-state index contributed by atoms with van der Waals surface area (Å²) in [7, 11) is 0. The van der Waals surface area contributed by atoms with Crippen LogP contribution < -0.4 is 4.57 Å². The molecule has 0 atom stereocenters. The fraction of sp³-hybridized carbons (Fsp3) is 0.436. The summed E-state index contributed by atoms with van der Waals surface area (Å²) in [6.07, 6.45) is 23.3. The zero-order chi connectivity index (χ0) is 41.5. The van der Waals surface area contributed by atoms with Crippen molar-refractivity contribution >= 4 is 77.9 Å². The molecule has 9 rings (SSSR count). The number of unbranched alkanes of at least 4 members (excludes halogenated alkanes) is 15. The predicted octanol–water partition coefficient (Wildman–Crippen LogP) is 18.0. The largest absolute Gasteiger partial charge is 0.340 e. The first-order valence-corrected chi connectivity index (χ1v) is 26.7. The molecule has 0 amide bonds. The van der Waals surface area contributed by atoms with Crippen molar-refractivity contribution in [2.24, 2.45) is 0 Å². The molecular weight excluding hydrogens is 799 g/mol. The normalized spacial score (nSPS) is 12.2. The summed E-state index contributed by atoms with van der Waals surface area (Å²) >= 11 is 5.63. The number of hydrogen-bond acceptors (Lipinski definition) is 3. The second-order valence-electron chi connectivity index (χ2n) is 17.7. The van der Waals surface area contributed by atoms with Gasteiger partial charge >= 0.3 is 0 Å². The third-order valence-corrected chi connectivity index (χ3v) is 16.2. The van der Waals surface area contributed by atoms with Crippen molar-refractivity contribution in [2.75, 3.05) is 0 Å². The van der Waals surface area contributed by atoms with E-state index >= 15 is 0 Å². The molecule has 0 bridgehead atoms. The fourth-order valence-corrected chi connectivity index (χ4v) is 12.4. The highest BCUT2D eigenvalue weighted by Gasteiger charge is 2.33. The van der Waals surface area contributed by atoms with E-state index < -0.39 is 0 Å². The molecule has 0 radical (unpaired) electrons. The van der Waals surface area contributed by atoms with Crippen molar-refractivity contribution in [3.05, 3.63) is 88.9 Å². The van der Waals surface area contributed by atoms with Gasteiger partial charge in [-0.05, 0) is 83.4 Å². The van der Waals surface area contributed by atoms with Crippen LogP contribution in [0.25, 0.3) is 86.3 Å². The number of benzene rings is 3. The summed E-state index contributed by atoms with van der Waals surface area (Å²) in [5.74, 6) is 0. The maximum atomic E-state index is 2.79. The average Bonchev–Trinajstić information content (AvgIpc) is 4.12. The standard InChI is InChI=1S/C55H66N3S3/c1-4-7-10-13-16-19-28-56-43-34-40(49-25-22-31-59-49)36-45-52(43)55-53-44(56)35-41(50-26-23-32-60-50)37-46(53)58(30-21-18-15-12-9-6-3)48-39-42(51-27-24-33-61-51)38-47(54(48)55)57(45)29-20-17-14-11-8-5-2/h22-27,31-39H,4-21,28-30H2,1-3H3/q+1. The Morgan fingerprint density at radius 3 is 1.20 bits per heavy atom. The SMILES string of the molecule is CCCCCCCCn1c2cc(-c3cccs3)cc3c2-c2c4c1cc(-c1cccs1)cc4[n+](CCCCCCCC)c1cc(-c4cccs4)cc(c21)n3CCCCCCCC. The van der Waals surface area contributed by atoms with Crippen molar-refractivity contribution in [1.82, 2.24) is 9.13 Å². The molecule has 0 fully saturated rings. The van der Waals surface area contributed by atoms with Gasteiger partial charge < -0.3 is 9.13 Å². The lowest BCUT2D eigenvalue weighted by atomic mass is 9.86. The molecule has 0 spiro atoms. The Balaban J connectivity index is 1.37. The molecule has 6 heterocycles. The molecule has 0 aliphatic carbocycles. The van der Waals surface area contributed by atoms with Gasteiger partial charge in [0.1, 0.15) is 6.54 Å². The van der Waals surface area contributed by atoms with E-state index in [-0.39, 0.29) is 0 Å². The quantitative estimate of drug-likeness (QED) is 0.0249. The summed E-state index contributed by atoms with van der Waals surface area (Å²) < 4.78 is 8.37. The number of aromatic nitrogens is 3. The van der Waals surface area contributed by atoms with Crippen LogP contribution in [0.4, 0.5) is 0 Å². The summed E-state index contributed by atoms with van der Waals surface area (Å²) in [5.41, 5.74) is 15.4. The van der Waals surface area contributed by atoms with Gasteiger partial charge in [-0.25, -0.2) is 0 Å². The first-order chi connectivity index (χ1) is 30.2. The van der Waals surface area contributed by atoms with Crippen LogP contribution in [-0.2, 0) is 19.6 Å². The second-order valence-corrected chi connectivity index (χ2v) is 20.6. The van der Waals surface area contributed by atoms with E-state index in [2.05, 4.69) is 123 Å². The zero-order valence-electron chi connectivity index (χ0n) is 37.1. The highest BCUT2D eigenvalue weighted by molar-refractivity contribution is 7.14. The third-order valence-electron chi connectivity index (χ3n) is 13.4. The van der Waals surface area contributed by atoms with E-state index in [1.807, 2.05) is 34.0 Å². The Morgan fingerprint density at radius 2 is 0.787 bits per heavy atom. The van der Waals surface area contributed by atoms with Crippen molar-refractivity contribution < 1.29 is 4.57 Å². The second kappa shape index (κ2) is 20.0. The Morgan fingerprint density at radius 1 is 0.410 bits per heavy atom. The maximum absolute atomic E-state index is 2.79. The fourth-order valence-electron chi connectivity index (χ4n) is 10.3. The highest BCUT2D eigenvalue weighted by Crippen LogP contribution is 2.51. The van der Waals surface area contributed by atoms with E-state index in [1.165, 1.54) is 202 Å². The number of aryl methyl sites for hydroxylation is 3. The molecular formula is C55H66N3S3+. The lowest BCUT2D eigenvalue weighted by Gasteiger charge is -2.29. The topological polar surface area (TPSA) is 13.7 Å². The summed E-state index contributed by atoms with van der Waals surface area (Å²) in [6.45, 7) is 10.1. The van der Waals surface area contributed by atoms with Crippen molar-refractivity contribution in [1.29, 1.82) is 0 Å².